The molecule has 248 valence electrons. The van der Waals surface area contributed by atoms with Crippen LogP contribution in [0, 0.1) is 0 Å². The molecular weight excluding hydrogens is 633 g/mol. The third kappa shape index (κ3) is 10.1. The molecule has 0 unspecified atom stereocenters. The summed E-state index contributed by atoms with van der Waals surface area (Å²) >= 11 is 4.22. The highest BCUT2D eigenvalue weighted by Crippen LogP contribution is 2.36. The number of benzene rings is 4. The van der Waals surface area contributed by atoms with E-state index in [-0.39, 0.29) is 31.9 Å². The zero-order valence-corrected chi connectivity index (χ0v) is 32.6. The Morgan fingerprint density at radius 2 is 0.617 bits per heavy atom. The first-order valence-corrected chi connectivity index (χ1v) is 18.7. The van der Waals surface area contributed by atoms with Crippen molar-refractivity contribution < 1.29 is 9.59 Å². The maximum atomic E-state index is 13.4. The summed E-state index contributed by atoms with van der Waals surface area (Å²) in [6, 6.07) is 29.0. The third-order valence-electron chi connectivity index (χ3n) is 8.11. The van der Waals surface area contributed by atoms with Gasteiger partial charge < -0.3 is 0 Å². The van der Waals surface area contributed by atoms with Gasteiger partial charge in [0.25, 0.3) is 0 Å². The van der Waals surface area contributed by atoms with Gasteiger partial charge in [0, 0.05) is 30.7 Å². The van der Waals surface area contributed by atoms with E-state index in [0.29, 0.717) is 0 Å². The SMILES string of the molecule is CC(C)(C)c1cc(C(=O)Sc2ccc(Sc3ccc(SC(=O)c4cc(C(C)(C)C)cc(C(C)(C)C)c4)cc3)cc2)cc(C(C)(C)C)c1. The molecule has 4 aromatic carbocycles. The van der Waals surface area contributed by atoms with Gasteiger partial charge in [0.15, 0.2) is 0 Å². The summed E-state index contributed by atoms with van der Waals surface area (Å²) in [6.45, 7) is 26.3. The average molecular weight is 683 g/mol. The molecule has 0 aromatic heterocycles. The summed E-state index contributed by atoms with van der Waals surface area (Å²) in [7, 11) is 0. The van der Waals surface area contributed by atoms with Crippen molar-refractivity contribution in [3.05, 3.63) is 118 Å². The second-order valence-electron chi connectivity index (χ2n) is 16.4. The minimum Gasteiger partial charge on any atom is -0.281 e. The minimum atomic E-state index is -0.0412. The fraction of sp³-hybridized carbons (Fsp3) is 0.381. The Balaban J connectivity index is 1.42. The van der Waals surface area contributed by atoms with Gasteiger partial charge in [-0.3, -0.25) is 9.59 Å². The number of thioether (sulfide) groups is 2. The number of hydrogen-bond acceptors (Lipinski definition) is 5. The van der Waals surface area contributed by atoms with E-state index in [4.69, 9.17) is 0 Å². The fourth-order valence-electron chi connectivity index (χ4n) is 4.84. The van der Waals surface area contributed by atoms with Crippen molar-refractivity contribution in [1.82, 2.24) is 0 Å². The van der Waals surface area contributed by atoms with Crippen LogP contribution in [0.15, 0.2) is 105 Å². The lowest BCUT2D eigenvalue weighted by Crippen LogP contribution is -2.17. The van der Waals surface area contributed by atoms with E-state index in [0.717, 1.165) is 30.7 Å². The Morgan fingerprint density at radius 1 is 0.383 bits per heavy atom. The molecule has 4 rings (SSSR count). The Morgan fingerprint density at radius 3 is 0.851 bits per heavy atom. The molecule has 0 spiro atoms. The first kappa shape index (κ1) is 37.1. The van der Waals surface area contributed by atoms with Gasteiger partial charge in [-0.25, -0.2) is 0 Å². The highest BCUT2D eigenvalue weighted by atomic mass is 32.2. The van der Waals surface area contributed by atoms with Crippen molar-refractivity contribution in [1.29, 1.82) is 0 Å². The first-order valence-electron chi connectivity index (χ1n) is 16.2. The van der Waals surface area contributed by atoms with Crippen LogP contribution in [-0.4, -0.2) is 10.2 Å². The van der Waals surface area contributed by atoms with Crippen LogP contribution in [0.4, 0.5) is 0 Å². The van der Waals surface area contributed by atoms with Crippen LogP contribution in [-0.2, 0) is 21.7 Å². The largest absolute Gasteiger partial charge is 0.281 e. The molecule has 0 saturated carbocycles. The first-order chi connectivity index (χ1) is 21.6. The molecule has 0 aliphatic rings. The Bertz CT molecular complexity index is 1540. The van der Waals surface area contributed by atoms with Gasteiger partial charge in [-0.15, -0.1) is 0 Å². The molecule has 0 amide bonds. The van der Waals surface area contributed by atoms with Crippen LogP contribution in [0.5, 0.6) is 0 Å². The van der Waals surface area contributed by atoms with Crippen molar-refractivity contribution >= 4 is 45.5 Å². The van der Waals surface area contributed by atoms with Crippen LogP contribution in [0.25, 0.3) is 0 Å². The van der Waals surface area contributed by atoms with Gasteiger partial charge in [-0.1, -0.05) is 107 Å². The number of carbonyl (C=O) groups excluding carboxylic acids is 2. The molecule has 5 heteroatoms. The molecule has 4 aromatic rings. The quantitative estimate of drug-likeness (QED) is 0.189. The molecular formula is C42H50O2S3. The molecule has 47 heavy (non-hydrogen) atoms. The molecule has 0 saturated heterocycles. The van der Waals surface area contributed by atoms with Crippen LogP contribution in [0.2, 0.25) is 0 Å². The molecule has 0 atom stereocenters. The lowest BCUT2D eigenvalue weighted by Gasteiger charge is -2.26. The van der Waals surface area contributed by atoms with Crippen molar-refractivity contribution in [3.8, 4) is 0 Å². The molecule has 0 bridgehead atoms. The van der Waals surface area contributed by atoms with E-state index < -0.39 is 0 Å². The average Bonchev–Trinajstić information content (AvgIpc) is 2.97. The number of rotatable bonds is 6. The number of carbonyl (C=O) groups is 2. The van der Waals surface area contributed by atoms with Gasteiger partial charge in [-0.05, 0) is 140 Å². The van der Waals surface area contributed by atoms with Crippen molar-refractivity contribution in [2.45, 2.75) is 124 Å². The van der Waals surface area contributed by atoms with E-state index in [1.54, 1.807) is 11.8 Å². The highest BCUT2D eigenvalue weighted by Gasteiger charge is 2.24. The zero-order chi connectivity index (χ0) is 34.9. The Hall–Kier alpha value is -2.73. The molecule has 0 aliphatic carbocycles. The Labute approximate surface area is 296 Å². The molecule has 0 heterocycles. The van der Waals surface area contributed by atoms with Gasteiger partial charge in [0.1, 0.15) is 0 Å². The fourth-order valence-corrected chi connectivity index (χ4v) is 7.10. The van der Waals surface area contributed by atoms with E-state index in [2.05, 4.69) is 144 Å². The summed E-state index contributed by atoms with van der Waals surface area (Å²) in [6.07, 6.45) is 0. The van der Waals surface area contributed by atoms with Crippen LogP contribution >= 0.6 is 35.3 Å². The van der Waals surface area contributed by atoms with Gasteiger partial charge in [-0.2, -0.15) is 0 Å². The maximum absolute atomic E-state index is 13.4. The predicted octanol–water partition coefficient (Wildman–Crippen LogP) is 12.9. The standard InChI is InChI=1S/C42H50O2S3/c1-39(2,3)29-21-27(22-30(25-29)40(4,5)6)37(43)46-35-17-13-33(14-18-35)45-34-15-19-36(20-16-34)47-38(44)28-23-31(41(7,8)9)26-32(24-28)42(10,11)12/h13-26H,1-12H3. The van der Waals surface area contributed by atoms with Crippen LogP contribution in [0.3, 0.4) is 0 Å². The lowest BCUT2D eigenvalue weighted by molar-refractivity contribution is 0.108. The highest BCUT2D eigenvalue weighted by molar-refractivity contribution is 8.14. The van der Waals surface area contributed by atoms with Crippen molar-refractivity contribution in [2.24, 2.45) is 0 Å². The summed E-state index contributed by atoms with van der Waals surface area (Å²) in [5, 5.41) is 0.119. The second kappa shape index (κ2) is 14.0. The van der Waals surface area contributed by atoms with Gasteiger partial charge in [0.05, 0.1) is 0 Å². The van der Waals surface area contributed by atoms with E-state index in [9.17, 15) is 9.59 Å². The smallest absolute Gasteiger partial charge is 0.224 e. The zero-order valence-electron chi connectivity index (χ0n) is 30.1. The van der Waals surface area contributed by atoms with E-state index in [1.165, 1.54) is 45.8 Å². The predicted molar refractivity (Wildman–Crippen MR) is 205 cm³/mol. The van der Waals surface area contributed by atoms with Gasteiger partial charge >= 0.3 is 0 Å². The topological polar surface area (TPSA) is 34.1 Å². The number of hydrogen-bond donors (Lipinski definition) is 0. The summed E-state index contributed by atoms with van der Waals surface area (Å²) < 4.78 is 0. The van der Waals surface area contributed by atoms with E-state index >= 15 is 0 Å². The molecule has 0 fully saturated rings. The van der Waals surface area contributed by atoms with Crippen molar-refractivity contribution in [2.75, 3.05) is 0 Å². The molecule has 0 aliphatic heterocycles. The summed E-state index contributed by atoms with van der Waals surface area (Å²) in [4.78, 5) is 30.8. The van der Waals surface area contributed by atoms with Gasteiger partial charge in [0.2, 0.25) is 10.2 Å². The van der Waals surface area contributed by atoms with Crippen molar-refractivity contribution in [3.63, 3.8) is 0 Å². The monoisotopic (exact) mass is 682 g/mol. The minimum absolute atomic E-state index is 0.0412. The lowest BCUT2D eigenvalue weighted by atomic mass is 9.79. The Kier molecular flexibility index (Phi) is 11.1. The summed E-state index contributed by atoms with van der Waals surface area (Å²) in [5.74, 6) is 0. The molecule has 2 nitrogen and oxygen atoms in total. The third-order valence-corrected chi connectivity index (χ3v) is 11.0. The van der Waals surface area contributed by atoms with Crippen LogP contribution < -0.4 is 0 Å². The maximum Gasteiger partial charge on any atom is 0.224 e. The van der Waals surface area contributed by atoms with E-state index in [1.807, 2.05) is 24.3 Å². The summed E-state index contributed by atoms with van der Waals surface area (Å²) in [5.41, 5.74) is 6.05. The van der Waals surface area contributed by atoms with Crippen LogP contribution in [0.1, 0.15) is 126 Å². The molecule has 0 radical (unpaired) electrons. The normalized spacial score (nSPS) is 12.7. The second-order valence-corrected chi connectivity index (χ2v) is 19.7. The molecule has 0 N–H and O–H groups in total.